The Labute approximate surface area is 177 Å². The number of nitro benzene ring substituents is 1. The molecule has 3 aromatic rings. The molecule has 0 amide bonds. The average Bonchev–Trinajstić information content (AvgIpc) is 2.73. The van der Waals surface area contributed by atoms with E-state index in [4.69, 9.17) is 9.47 Å². The predicted molar refractivity (Wildman–Crippen MR) is 116 cm³/mol. The summed E-state index contributed by atoms with van der Waals surface area (Å²) in [6.45, 7) is 2.86. The van der Waals surface area contributed by atoms with Gasteiger partial charge < -0.3 is 9.47 Å². The van der Waals surface area contributed by atoms with Gasteiger partial charge in [0.15, 0.2) is 0 Å². The van der Waals surface area contributed by atoms with Crippen molar-refractivity contribution < 1.29 is 14.4 Å². The van der Waals surface area contributed by atoms with Crippen molar-refractivity contribution in [3.05, 3.63) is 92.4 Å². The molecule has 6 nitrogen and oxygen atoms in total. The molecule has 0 bridgehead atoms. The molecule has 0 N–H and O–H groups in total. The normalized spacial score (nSPS) is 10.8. The van der Waals surface area contributed by atoms with Crippen molar-refractivity contribution in [2.75, 3.05) is 6.61 Å². The molecular formula is C22H19BrN2O4. The van der Waals surface area contributed by atoms with Crippen LogP contribution >= 0.6 is 15.9 Å². The quantitative estimate of drug-likeness (QED) is 0.234. The van der Waals surface area contributed by atoms with Gasteiger partial charge in [-0.1, -0.05) is 15.9 Å². The van der Waals surface area contributed by atoms with Gasteiger partial charge in [0.05, 0.1) is 17.2 Å². The fourth-order valence-electron chi connectivity index (χ4n) is 2.57. The summed E-state index contributed by atoms with van der Waals surface area (Å²) in [7, 11) is 0. The average molecular weight is 455 g/mol. The third-order valence-corrected chi connectivity index (χ3v) is 4.51. The summed E-state index contributed by atoms with van der Waals surface area (Å²) in [6, 6.07) is 19.5. The Morgan fingerprint density at radius 2 is 1.76 bits per heavy atom. The predicted octanol–water partition coefficient (Wildman–Crippen LogP) is 6.09. The summed E-state index contributed by atoms with van der Waals surface area (Å²) < 4.78 is 12.3. The number of hydrogen-bond donors (Lipinski definition) is 0. The van der Waals surface area contributed by atoms with Gasteiger partial charge in [-0.05, 0) is 67.1 Å². The highest BCUT2D eigenvalue weighted by atomic mass is 79.9. The molecule has 0 fully saturated rings. The maximum atomic E-state index is 10.8. The van der Waals surface area contributed by atoms with Gasteiger partial charge in [0.25, 0.3) is 5.69 Å². The lowest BCUT2D eigenvalue weighted by Crippen LogP contribution is -1.99. The van der Waals surface area contributed by atoms with Crippen molar-refractivity contribution in [2.45, 2.75) is 13.5 Å². The number of hydrogen-bond acceptors (Lipinski definition) is 5. The van der Waals surface area contributed by atoms with Crippen molar-refractivity contribution in [3.63, 3.8) is 0 Å². The summed E-state index contributed by atoms with van der Waals surface area (Å²) in [5.41, 5.74) is 2.51. The van der Waals surface area contributed by atoms with E-state index >= 15 is 0 Å². The molecule has 0 spiro atoms. The molecule has 0 aliphatic carbocycles. The molecule has 0 unspecified atom stereocenters. The van der Waals surface area contributed by atoms with Crippen LogP contribution in [0.3, 0.4) is 0 Å². The van der Waals surface area contributed by atoms with Gasteiger partial charge in [0.1, 0.15) is 18.1 Å². The largest absolute Gasteiger partial charge is 0.494 e. The van der Waals surface area contributed by atoms with Crippen LogP contribution in [0, 0.1) is 10.1 Å². The molecule has 0 saturated heterocycles. The highest BCUT2D eigenvalue weighted by molar-refractivity contribution is 9.10. The van der Waals surface area contributed by atoms with E-state index in [1.165, 1.54) is 12.1 Å². The monoisotopic (exact) mass is 454 g/mol. The number of ether oxygens (including phenoxy) is 2. The number of halogens is 1. The van der Waals surface area contributed by atoms with Gasteiger partial charge in [0, 0.05) is 28.4 Å². The summed E-state index contributed by atoms with van der Waals surface area (Å²) >= 11 is 3.47. The zero-order valence-electron chi connectivity index (χ0n) is 15.7. The molecule has 7 heteroatoms. The zero-order chi connectivity index (χ0) is 20.6. The first-order valence-corrected chi connectivity index (χ1v) is 9.77. The molecule has 0 aliphatic heterocycles. The lowest BCUT2D eigenvalue weighted by Gasteiger charge is -2.10. The molecule has 0 aromatic heterocycles. The lowest BCUT2D eigenvalue weighted by molar-refractivity contribution is -0.384. The molecule has 3 aromatic carbocycles. The first-order chi connectivity index (χ1) is 14.0. The van der Waals surface area contributed by atoms with Gasteiger partial charge in [-0.3, -0.25) is 15.1 Å². The van der Waals surface area contributed by atoms with Crippen LogP contribution in [0.1, 0.15) is 18.1 Å². The van der Waals surface area contributed by atoms with Crippen molar-refractivity contribution >= 4 is 33.5 Å². The smallest absolute Gasteiger partial charge is 0.269 e. The fourth-order valence-corrected chi connectivity index (χ4v) is 2.94. The standard InChI is InChI=1S/C22H19BrN2O4/c1-2-28-21-10-6-19(7-11-21)24-14-17-13-18(23)5-12-22(17)29-15-16-3-8-20(9-4-16)25(26)27/h3-14H,2,15H2,1H3. The van der Waals surface area contributed by atoms with Crippen LogP contribution < -0.4 is 9.47 Å². The maximum Gasteiger partial charge on any atom is 0.269 e. The Kier molecular flexibility index (Phi) is 6.97. The van der Waals surface area contributed by atoms with E-state index in [2.05, 4.69) is 20.9 Å². The van der Waals surface area contributed by atoms with Crippen LogP contribution in [-0.2, 0) is 6.61 Å². The third kappa shape index (κ3) is 5.89. The molecule has 3 rings (SSSR count). The molecule has 0 saturated carbocycles. The number of rotatable bonds is 8. The lowest BCUT2D eigenvalue weighted by atomic mass is 10.2. The second kappa shape index (κ2) is 9.84. The first kappa shape index (κ1) is 20.5. The summed E-state index contributed by atoms with van der Waals surface area (Å²) in [5.74, 6) is 1.47. The van der Waals surface area contributed by atoms with Crippen LogP contribution in [0.2, 0.25) is 0 Å². The SMILES string of the molecule is CCOc1ccc(N=Cc2cc(Br)ccc2OCc2ccc([N+](=O)[O-])cc2)cc1. The van der Waals surface area contributed by atoms with Crippen LogP contribution in [0.4, 0.5) is 11.4 Å². The van der Waals surface area contributed by atoms with Crippen LogP contribution in [-0.4, -0.2) is 17.7 Å². The van der Waals surface area contributed by atoms with Crippen LogP contribution in [0.5, 0.6) is 11.5 Å². The molecule has 0 aliphatic rings. The topological polar surface area (TPSA) is 74.0 Å². The highest BCUT2D eigenvalue weighted by Gasteiger charge is 2.07. The van der Waals surface area contributed by atoms with Crippen LogP contribution in [0.15, 0.2) is 76.2 Å². The zero-order valence-corrected chi connectivity index (χ0v) is 17.3. The highest BCUT2D eigenvalue weighted by Crippen LogP contribution is 2.25. The van der Waals surface area contributed by atoms with Gasteiger partial charge in [-0.25, -0.2) is 0 Å². The van der Waals surface area contributed by atoms with E-state index in [-0.39, 0.29) is 5.69 Å². The molecule has 29 heavy (non-hydrogen) atoms. The van der Waals surface area contributed by atoms with Gasteiger partial charge in [-0.2, -0.15) is 0 Å². The van der Waals surface area contributed by atoms with Crippen LogP contribution in [0.25, 0.3) is 0 Å². The summed E-state index contributed by atoms with van der Waals surface area (Å²) in [5, 5.41) is 10.8. The fraction of sp³-hybridized carbons (Fsp3) is 0.136. The Balaban J connectivity index is 1.72. The summed E-state index contributed by atoms with van der Waals surface area (Å²) in [6.07, 6.45) is 1.74. The Morgan fingerprint density at radius 1 is 1.03 bits per heavy atom. The van der Waals surface area contributed by atoms with Gasteiger partial charge >= 0.3 is 0 Å². The van der Waals surface area contributed by atoms with Crippen molar-refractivity contribution in [1.82, 2.24) is 0 Å². The minimum Gasteiger partial charge on any atom is -0.494 e. The number of aliphatic imine (C=N–C) groups is 1. The van der Waals surface area contributed by atoms with E-state index in [1.807, 2.05) is 49.4 Å². The van der Waals surface area contributed by atoms with Crippen molar-refractivity contribution in [2.24, 2.45) is 4.99 Å². The Hall–Kier alpha value is -3.19. The second-order valence-electron chi connectivity index (χ2n) is 6.08. The molecule has 148 valence electrons. The number of nitro groups is 1. The molecule has 0 radical (unpaired) electrons. The summed E-state index contributed by atoms with van der Waals surface area (Å²) in [4.78, 5) is 14.8. The van der Waals surface area contributed by atoms with E-state index in [0.717, 1.165) is 27.0 Å². The van der Waals surface area contributed by atoms with Gasteiger partial charge in [0.2, 0.25) is 0 Å². The van der Waals surface area contributed by atoms with Crippen molar-refractivity contribution in [1.29, 1.82) is 0 Å². The number of nitrogens with zero attached hydrogens (tertiary/aromatic N) is 2. The van der Waals surface area contributed by atoms with E-state index in [9.17, 15) is 10.1 Å². The Morgan fingerprint density at radius 3 is 2.41 bits per heavy atom. The van der Waals surface area contributed by atoms with Crippen molar-refractivity contribution in [3.8, 4) is 11.5 Å². The van der Waals surface area contributed by atoms with Gasteiger partial charge in [-0.15, -0.1) is 0 Å². The molecule has 0 heterocycles. The van der Waals surface area contributed by atoms with E-state index in [1.54, 1.807) is 18.3 Å². The first-order valence-electron chi connectivity index (χ1n) is 8.98. The minimum atomic E-state index is -0.422. The molecular weight excluding hydrogens is 436 g/mol. The number of benzene rings is 3. The number of non-ortho nitro benzene ring substituents is 1. The second-order valence-corrected chi connectivity index (χ2v) is 7.00. The van der Waals surface area contributed by atoms with E-state index in [0.29, 0.717) is 19.0 Å². The third-order valence-electron chi connectivity index (χ3n) is 4.01. The Bertz CT molecular complexity index is 1000. The van der Waals surface area contributed by atoms with E-state index < -0.39 is 4.92 Å². The molecule has 0 atom stereocenters. The maximum absolute atomic E-state index is 10.8. The minimum absolute atomic E-state index is 0.0561.